The van der Waals surface area contributed by atoms with Crippen LogP contribution in [-0.2, 0) is 11.3 Å². The van der Waals surface area contributed by atoms with Gasteiger partial charge in [0.05, 0.1) is 23.0 Å². The van der Waals surface area contributed by atoms with Gasteiger partial charge in [0.25, 0.3) is 5.88 Å². The van der Waals surface area contributed by atoms with Crippen molar-refractivity contribution in [2.75, 3.05) is 6.54 Å². The zero-order valence-corrected chi connectivity index (χ0v) is 19.1. The number of fused-ring (bicyclic) bond motifs is 1. The summed E-state index contributed by atoms with van der Waals surface area (Å²) in [5.41, 5.74) is 1.30. The van der Waals surface area contributed by atoms with Crippen LogP contribution in [0.5, 0.6) is 5.88 Å². The van der Waals surface area contributed by atoms with Crippen molar-refractivity contribution in [3.63, 3.8) is 0 Å². The Morgan fingerprint density at radius 2 is 2.06 bits per heavy atom. The van der Waals surface area contributed by atoms with Crippen molar-refractivity contribution in [2.24, 2.45) is 0 Å². The van der Waals surface area contributed by atoms with E-state index in [1.165, 1.54) is 6.07 Å². The van der Waals surface area contributed by atoms with E-state index in [-0.39, 0.29) is 18.5 Å². The number of ether oxygens (including phenoxy) is 2. The molecule has 1 unspecified atom stereocenters. The second-order valence-corrected chi connectivity index (χ2v) is 9.27. The summed E-state index contributed by atoms with van der Waals surface area (Å²) in [6.07, 6.45) is 3.71. The summed E-state index contributed by atoms with van der Waals surface area (Å²) >= 11 is 6.18. The highest BCUT2D eigenvalue weighted by molar-refractivity contribution is 6.35. The summed E-state index contributed by atoms with van der Waals surface area (Å²) in [7, 11) is 0. The predicted octanol–water partition coefficient (Wildman–Crippen LogP) is 6.66. The van der Waals surface area contributed by atoms with Gasteiger partial charge in [0.15, 0.2) is 5.82 Å². The van der Waals surface area contributed by atoms with E-state index in [0.717, 1.165) is 30.2 Å². The molecule has 3 aromatic rings. The average Bonchev–Trinajstić information content (AvgIpc) is 3.24. The lowest BCUT2D eigenvalue weighted by Crippen LogP contribution is -2.42. The van der Waals surface area contributed by atoms with Gasteiger partial charge in [0.1, 0.15) is 17.8 Å². The number of carbonyl (C=O) groups is 1. The molecule has 170 valence electrons. The van der Waals surface area contributed by atoms with Gasteiger partial charge >= 0.3 is 6.09 Å². The van der Waals surface area contributed by atoms with Crippen molar-refractivity contribution in [2.45, 2.75) is 58.3 Å². The molecular formula is C24H26ClFN2O4. The van der Waals surface area contributed by atoms with Crippen LogP contribution in [0.25, 0.3) is 11.0 Å². The van der Waals surface area contributed by atoms with Gasteiger partial charge in [-0.25, -0.2) is 14.2 Å². The van der Waals surface area contributed by atoms with Crippen LogP contribution in [0, 0.1) is 5.82 Å². The zero-order valence-electron chi connectivity index (χ0n) is 18.4. The molecule has 1 aliphatic rings. The average molecular weight is 461 g/mol. The van der Waals surface area contributed by atoms with E-state index in [2.05, 4.69) is 4.98 Å². The Labute approximate surface area is 191 Å². The largest absolute Gasteiger partial charge is 0.471 e. The van der Waals surface area contributed by atoms with E-state index < -0.39 is 17.5 Å². The molecule has 8 heteroatoms. The molecule has 2 aromatic heterocycles. The number of halogens is 2. The third-order valence-electron chi connectivity index (χ3n) is 5.32. The molecule has 1 fully saturated rings. The molecule has 3 heterocycles. The van der Waals surface area contributed by atoms with Gasteiger partial charge < -0.3 is 13.9 Å². The molecule has 1 saturated heterocycles. The third kappa shape index (κ3) is 4.83. The maximum atomic E-state index is 14.5. The molecule has 1 aromatic carbocycles. The molecular weight excluding hydrogens is 435 g/mol. The van der Waals surface area contributed by atoms with E-state index in [1.54, 1.807) is 35.4 Å². The fourth-order valence-electron chi connectivity index (χ4n) is 3.85. The Kier molecular flexibility index (Phi) is 6.29. The maximum absolute atomic E-state index is 14.5. The number of likely N-dealkylation sites (tertiary alicyclic amines) is 1. The van der Waals surface area contributed by atoms with Gasteiger partial charge in [-0.3, -0.25) is 4.90 Å². The quantitative estimate of drug-likeness (QED) is 0.435. The highest BCUT2D eigenvalue weighted by Crippen LogP contribution is 2.33. The first kappa shape index (κ1) is 22.4. The smallest absolute Gasteiger partial charge is 0.410 e. The highest BCUT2D eigenvalue weighted by Gasteiger charge is 2.32. The maximum Gasteiger partial charge on any atom is 0.410 e. The monoisotopic (exact) mass is 460 g/mol. The van der Waals surface area contributed by atoms with Crippen molar-refractivity contribution >= 4 is 28.7 Å². The third-order valence-corrected chi connectivity index (χ3v) is 5.65. The lowest BCUT2D eigenvalue weighted by atomic mass is 9.99. The summed E-state index contributed by atoms with van der Waals surface area (Å²) in [6, 6.07) is 7.93. The van der Waals surface area contributed by atoms with Crippen LogP contribution >= 0.6 is 11.6 Å². The minimum Gasteiger partial charge on any atom is -0.471 e. The standard InChI is InChI=1S/C24H26ClFN2O4/c1-24(2,3)32-23(29)28-12-5-4-6-20(28)19-10-9-18(26)22(27-19)31-14-15-7-8-17(25)16-11-13-30-21(15)16/h7-11,13,20H,4-6,12,14H2,1-3H3. The molecule has 0 N–H and O–H groups in total. The molecule has 6 nitrogen and oxygen atoms in total. The summed E-state index contributed by atoms with van der Waals surface area (Å²) < 4.78 is 31.3. The summed E-state index contributed by atoms with van der Waals surface area (Å²) in [5, 5.41) is 1.34. The van der Waals surface area contributed by atoms with E-state index in [1.807, 2.05) is 20.8 Å². The van der Waals surface area contributed by atoms with Crippen LogP contribution in [0.4, 0.5) is 9.18 Å². The minimum absolute atomic E-state index is 0.0645. The lowest BCUT2D eigenvalue weighted by molar-refractivity contribution is 0.00890. The number of furan rings is 1. The SMILES string of the molecule is CC(C)(C)OC(=O)N1CCCCC1c1ccc(F)c(OCc2ccc(Cl)c3ccoc23)n1. The zero-order chi connectivity index (χ0) is 22.9. The molecule has 1 aliphatic heterocycles. The number of hydrogen-bond acceptors (Lipinski definition) is 5. The van der Waals surface area contributed by atoms with Crippen molar-refractivity contribution in [3.8, 4) is 5.88 Å². The Balaban J connectivity index is 1.55. The van der Waals surface area contributed by atoms with Crippen LogP contribution in [0.3, 0.4) is 0 Å². The predicted molar refractivity (Wildman–Crippen MR) is 119 cm³/mol. The molecule has 0 radical (unpaired) electrons. The van der Waals surface area contributed by atoms with Crippen LogP contribution in [-0.4, -0.2) is 28.1 Å². The molecule has 4 rings (SSSR count). The number of hydrogen-bond donors (Lipinski definition) is 0. The Morgan fingerprint density at radius 3 is 2.84 bits per heavy atom. The van der Waals surface area contributed by atoms with Gasteiger partial charge in [-0.2, -0.15) is 0 Å². The molecule has 0 saturated carbocycles. The van der Waals surface area contributed by atoms with Crippen LogP contribution in [0.15, 0.2) is 41.0 Å². The number of pyridine rings is 1. The lowest BCUT2D eigenvalue weighted by Gasteiger charge is -2.36. The first-order valence-corrected chi connectivity index (χ1v) is 11.0. The van der Waals surface area contributed by atoms with Crippen LogP contribution in [0.2, 0.25) is 5.02 Å². The Bertz CT molecular complexity index is 1120. The summed E-state index contributed by atoms with van der Waals surface area (Å²) in [4.78, 5) is 18.8. The Hall–Kier alpha value is -2.80. The molecule has 1 amide bonds. The number of benzene rings is 1. The fraction of sp³-hybridized carbons (Fsp3) is 0.417. The first-order chi connectivity index (χ1) is 15.2. The number of rotatable bonds is 4. The number of carbonyl (C=O) groups excluding carboxylic acids is 1. The van der Waals surface area contributed by atoms with Crippen LogP contribution in [0.1, 0.15) is 57.3 Å². The number of aromatic nitrogens is 1. The van der Waals surface area contributed by atoms with Gasteiger partial charge in [0, 0.05) is 17.5 Å². The molecule has 1 atom stereocenters. The first-order valence-electron chi connectivity index (χ1n) is 10.7. The van der Waals surface area contributed by atoms with Crippen molar-refractivity contribution in [3.05, 3.63) is 58.7 Å². The van der Waals surface area contributed by atoms with Gasteiger partial charge in [-0.05, 0) is 64.3 Å². The molecule has 0 bridgehead atoms. The van der Waals surface area contributed by atoms with Crippen LogP contribution < -0.4 is 4.74 Å². The summed E-state index contributed by atoms with van der Waals surface area (Å²) in [5.74, 6) is -0.690. The van der Waals surface area contributed by atoms with E-state index in [9.17, 15) is 9.18 Å². The van der Waals surface area contributed by atoms with Gasteiger partial charge in [-0.1, -0.05) is 17.7 Å². The number of nitrogens with zero attached hydrogens (tertiary/aromatic N) is 2. The number of amides is 1. The van der Waals surface area contributed by atoms with E-state index in [0.29, 0.717) is 22.8 Å². The van der Waals surface area contributed by atoms with Crippen molar-refractivity contribution < 1.29 is 23.1 Å². The topological polar surface area (TPSA) is 64.8 Å². The Morgan fingerprint density at radius 1 is 1.25 bits per heavy atom. The number of piperidine rings is 1. The fourth-order valence-corrected chi connectivity index (χ4v) is 4.06. The molecule has 0 aliphatic carbocycles. The summed E-state index contributed by atoms with van der Waals surface area (Å²) in [6.45, 7) is 6.13. The second-order valence-electron chi connectivity index (χ2n) is 8.87. The highest BCUT2D eigenvalue weighted by atomic mass is 35.5. The molecule has 32 heavy (non-hydrogen) atoms. The van der Waals surface area contributed by atoms with Gasteiger partial charge in [-0.15, -0.1) is 0 Å². The van der Waals surface area contributed by atoms with Crippen molar-refractivity contribution in [1.29, 1.82) is 0 Å². The minimum atomic E-state index is -0.598. The normalized spacial score (nSPS) is 16.9. The van der Waals surface area contributed by atoms with E-state index in [4.69, 9.17) is 25.5 Å². The van der Waals surface area contributed by atoms with E-state index >= 15 is 0 Å². The molecule has 0 spiro atoms. The van der Waals surface area contributed by atoms with Crippen molar-refractivity contribution in [1.82, 2.24) is 9.88 Å². The second kappa shape index (κ2) is 8.98. The van der Waals surface area contributed by atoms with Gasteiger partial charge in [0.2, 0.25) is 0 Å².